The fourth-order valence-corrected chi connectivity index (χ4v) is 4.97. The molecule has 1 aliphatic heterocycles. The summed E-state index contributed by atoms with van der Waals surface area (Å²) in [6, 6.07) is 10.7. The molecule has 2 aromatic carbocycles. The predicted octanol–water partition coefficient (Wildman–Crippen LogP) is 3.32. The first kappa shape index (κ1) is 27.4. The quantitative estimate of drug-likeness (QED) is 0.515. The Morgan fingerprint density at radius 2 is 1.97 bits per heavy atom. The number of hydrogen-bond acceptors (Lipinski definition) is 7. The van der Waals surface area contributed by atoms with Crippen molar-refractivity contribution in [3.63, 3.8) is 0 Å². The second kappa shape index (κ2) is 11.3. The van der Waals surface area contributed by atoms with Gasteiger partial charge in [0.05, 0.1) is 47.2 Å². The number of carbonyl (C=O) groups is 1. The Balaban J connectivity index is 1.76. The highest BCUT2D eigenvalue weighted by molar-refractivity contribution is 7.91. The maximum atomic E-state index is 12.9. The van der Waals surface area contributed by atoms with E-state index in [0.29, 0.717) is 30.6 Å². The van der Waals surface area contributed by atoms with Gasteiger partial charge in [-0.1, -0.05) is 19.1 Å². The highest BCUT2D eigenvalue weighted by atomic mass is 32.2. The number of nitrogens with zero attached hydrogens (tertiary/aromatic N) is 2. The van der Waals surface area contributed by atoms with Crippen LogP contribution in [-0.4, -0.2) is 57.3 Å². The number of hydrogen-bond donors (Lipinski definition) is 2. The van der Waals surface area contributed by atoms with Crippen LogP contribution in [0.3, 0.4) is 0 Å². The zero-order valence-corrected chi connectivity index (χ0v) is 20.3. The lowest BCUT2D eigenvalue weighted by Crippen LogP contribution is -2.36. The van der Waals surface area contributed by atoms with Crippen LogP contribution in [-0.2, 0) is 14.6 Å². The Morgan fingerprint density at radius 1 is 1.28 bits per heavy atom. The lowest BCUT2D eigenvalue weighted by Gasteiger charge is -2.28. The molecule has 0 radical (unpaired) electrons. The zero-order chi connectivity index (χ0) is 26.5. The van der Waals surface area contributed by atoms with Crippen molar-refractivity contribution in [2.45, 2.75) is 43.1 Å². The number of nitriles is 1. The van der Waals surface area contributed by atoms with Gasteiger partial charge in [0.2, 0.25) is 0 Å². The minimum atomic E-state index is -4.75. The van der Waals surface area contributed by atoms with E-state index in [1.54, 1.807) is 4.90 Å². The second-order valence-corrected chi connectivity index (χ2v) is 10.5. The van der Waals surface area contributed by atoms with Gasteiger partial charge in [-0.2, -0.15) is 5.26 Å². The number of amides is 1. The maximum absolute atomic E-state index is 12.9. The molecule has 0 spiro atoms. The van der Waals surface area contributed by atoms with E-state index < -0.39 is 47.4 Å². The number of anilines is 1. The maximum Gasteiger partial charge on any atom is 0.522 e. The van der Waals surface area contributed by atoms with Crippen LogP contribution in [0.25, 0.3) is 0 Å². The number of carbonyl (C=O) groups excluding carboxylic acids is 1. The average molecular weight is 526 g/mol. The van der Waals surface area contributed by atoms with Gasteiger partial charge in [-0.3, -0.25) is 9.53 Å². The van der Waals surface area contributed by atoms with E-state index in [9.17, 15) is 36.8 Å². The van der Waals surface area contributed by atoms with Crippen LogP contribution in [0, 0.1) is 11.3 Å². The third kappa shape index (κ3) is 6.54. The van der Waals surface area contributed by atoms with Gasteiger partial charge in [-0.05, 0) is 48.7 Å². The van der Waals surface area contributed by atoms with Gasteiger partial charge in [-0.25, -0.2) is 8.42 Å². The van der Waals surface area contributed by atoms with Crippen LogP contribution in [0.15, 0.2) is 47.4 Å². The van der Waals surface area contributed by atoms with E-state index in [-0.39, 0.29) is 21.8 Å². The third-order valence-corrected chi connectivity index (χ3v) is 7.77. The first-order valence-electron chi connectivity index (χ1n) is 11.2. The van der Waals surface area contributed by atoms with E-state index in [1.165, 1.54) is 49.4 Å². The van der Waals surface area contributed by atoms with Crippen LogP contribution in [0.2, 0.25) is 0 Å². The van der Waals surface area contributed by atoms with Crippen molar-refractivity contribution < 1.29 is 36.2 Å². The van der Waals surface area contributed by atoms with Gasteiger partial charge in [0.1, 0.15) is 6.07 Å². The largest absolute Gasteiger partial charge is 0.522 e. The highest BCUT2D eigenvalue weighted by Crippen LogP contribution is 2.31. The molecule has 1 amide bonds. The highest BCUT2D eigenvalue weighted by Gasteiger charge is 2.34. The van der Waals surface area contributed by atoms with E-state index in [1.807, 2.05) is 6.07 Å². The fraction of sp³-hybridized carbons (Fsp3) is 0.417. The van der Waals surface area contributed by atoms with Crippen molar-refractivity contribution in [3.05, 3.63) is 59.2 Å². The fourth-order valence-electron chi connectivity index (χ4n) is 4.08. The number of nitrogens with one attached hydrogen (secondary N) is 1. The molecule has 2 N–H and O–H groups in total. The molecule has 1 heterocycles. The predicted molar refractivity (Wildman–Crippen MR) is 125 cm³/mol. The number of ether oxygens (including phenoxy) is 1. The molecule has 194 valence electrons. The molecule has 8 nitrogen and oxygen atoms in total. The summed E-state index contributed by atoms with van der Waals surface area (Å²) in [5.74, 6) is -0.641. The van der Waals surface area contributed by atoms with Gasteiger partial charge in [-0.15, -0.1) is 13.2 Å². The minimum Gasteiger partial charge on any atom is -0.394 e. The van der Waals surface area contributed by atoms with Crippen molar-refractivity contribution in [1.29, 1.82) is 5.26 Å². The zero-order valence-electron chi connectivity index (χ0n) is 19.5. The molecule has 0 bridgehead atoms. The van der Waals surface area contributed by atoms with Gasteiger partial charge >= 0.3 is 6.36 Å². The second-order valence-electron chi connectivity index (χ2n) is 8.27. The Morgan fingerprint density at radius 3 is 2.56 bits per heavy atom. The lowest BCUT2D eigenvalue weighted by molar-refractivity contribution is -0.325. The van der Waals surface area contributed by atoms with Crippen molar-refractivity contribution >= 4 is 21.4 Å². The van der Waals surface area contributed by atoms with Crippen LogP contribution in [0.5, 0.6) is 0 Å². The molecule has 36 heavy (non-hydrogen) atoms. The number of alkyl halides is 3. The number of aliphatic hydroxyl groups is 1. The van der Waals surface area contributed by atoms with Gasteiger partial charge in [0.25, 0.3) is 5.91 Å². The number of aliphatic hydroxyl groups excluding tert-OH is 1. The molecule has 2 atom stereocenters. The van der Waals surface area contributed by atoms with Gasteiger partial charge in [0.15, 0.2) is 9.84 Å². The summed E-state index contributed by atoms with van der Waals surface area (Å²) in [4.78, 5) is 14.7. The van der Waals surface area contributed by atoms with Crippen molar-refractivity contribution in [3.8, 4) is 6.07 Å². The molecule has 0 aromatic heterocycles. The summed E-state index contributed by atoms with van der Waals surface area (Å²) in [6.45, 7) is 0.958. The molecule has 1 aliphatic rings. The Hall–Kier alpha value is -3.14. The van der Waals surface area contributed by atoms with E-state index in [2.05, 4.69) is 10.1 Å². The molecule has 0 unspecified atom stereocenters. The third-order valence-electron chi connectivity index (χ3n) is 6.01. The van der Waals surface area contributed by atoms with E-state index >= 15 is 0 Å². The number of halogens is 3. The van der Waals surface area contributed by atoms with Crippen LogP contribution in [0.4, 0.5) is 18.9 Å². The SMILES string of the molecule is CCS(=O)(=O)c1ccc([C@H](CO)NC(=O)c2ccc(N3CCC[C@H]3COC(F)(F)F)c(C#N)c2)cc1. The molecular weight excluding hydrogens is 499 g/mol. The molecule has 0 saturated carbocycles. The standard InChI is InChI=1S/C24H26F3N3O5S/c1-2-36(33,34)20-8-5-16(6-9-20)21(14-31)29-23(32)17-7-10-22(18(12-17)13-28)30-11-3-4-19(30)15-35-24(25,26)27/h5-10,12,19,21,31H,2-4,11,14-15H2,1H3,(H,29,32)/t19-,21-/m0/s1. The van der Waals surface area contributed by atoms with E-state index in [0.717, 1.165) is 0 Å². The monoisotopic (exact) mass is 525 g/mol. The summed E-state index contributed by atoms with van der Waals surface area (Å²) in [7, 11) is -3.40. The summed E-state index contributed by atoms with van der Waals surface area (Å²) >= 11 is 0. The number of benzene rings is 2. The summed E-state index contributed by atoms with van der Waals surface area (Å²) in [5.41, 5.74) is 1.15. The smallest absolute Gasteiger partial charge is 0.394 e. The average Bonchev–Trinajstić information content (AvgIpc) is 3.33. The van der Waals surface area contributed by atoms with Crippen molar-refractivity contribution in [2.24, 2.45) is 0 Å². The summed E-state index contributed by atoms with van der Waals surface area (Å²) < 4.78 is 65.4. The molecule has 2 aromatic rings. The molecule has 3 rings (SSSR count). The van der Waals surface area contributed by atoms with Crippen LogP contribution < -0.4 is 10.2 Å². The topological polar surface area (TPSA) is 120 Å². The van der Waals surface area contributed by atoms with Gasteiger partial charge in [0, 0.05) is 12.1 Å². The number of sulfone groups is 1. The van der Waals surface area contributed by atoms with E-state index in [4.69, 9.17) is 0 Å². The normalized spacial score (nSPS) is 17.0. The lowest BCUT2D eigenvalue weighted by atomic mass is 10.0. The first-order valence-corrected chi connectivity index (χ1v) is 12.9. The Labute approximate surface area is 207 Å². The van der Waals surface area contributed by atoms with Crippen LogP contribution in [0.1, 0.15) is 47.3 Å². The molecule has 0 aliphatic carbocycles. The number of rotatable bonds is 9. The van der Waals surface area contributed by atoms with Crippen molar-refractivity contribution in [1.82, 2.24) is 5.32 Å². The minimum absolute atomic E-state index is 0.0583. The van der Waals surface area contributed by atoms with Gasteiger partial charge < -0.3 is 15.3 Å². The summed E-state index contributed by atoms with van der Waals surface area (Å²) in [6.07, 6.45) is -3.64. The molecule has 1 fully saturated rings. The first-order chi connectivity index (χ1) is 17.0. The summed E-state index contributed by atoms with van der Waals surface area (Å²) in [5, 5.41) is 22.1. The molecular formula is C24H26F3N3O5S. The Kier molecular flexibility index (Phi) is 8.60. The molecule has 1 saturated heterocycles. The Bertz CT molecular complexity index is 1230. The molecule has 12 heteroatoms. The van der Waals surface area contributed by atoms with Crippen LogP contribution >= 0.6 is 0 Å². The van der Waals surface area contributed by atoms with Crippen molar-refractivity contribution in [2.75, 3.05) is 30.4 Å².